The minimum Gasteiger partial charge on any atom is -0.467 e. The van der Waals surface area contributed by atoms with E-state index in [2.05, 4.69) is 28.9 Å². The van der Waals surface area contributed by atoms with Crippen LogP contribution < -0.4 is 10.3 Å². The second kappa shape index (κ2) is 6.52. The zero-order chi connectivity index (χ0) is 16.3. The molecule has 0 radical (unpaired) electrons. The molecule has 1 unspecified atom stereocenters. The Morgan fingerprint density at radius 3 is 2.64 bits per heavy atom. The Morgan fingerprint density at radius 1 is 1.36 bits per heavy atom. The van der Waals surface area contributed by atoms with Crippen LogP contribution in [0.15, 0.2) is 24.3 Å². The highest BCUT2D eigenvalue weighted by Crippen LogP contribution is 2.38. The van der Waals surface area contributed by atoms with E-state index in [1.807, 2.05) is 24.4 Å². The molecule has 1 heterocycles. The molecule has 1 amide bonds. The van der Waals surface area contributed by atoms with Crippen molar-refractivity contribution in [3.8, 4) is 0 Å². The second-order valence-electron chi connectivity index (χ2n) is 5.52. The third kappa shape index (κ3) is 3.02. The van der Waals surface area contributed by atoms with E-state index in [9.17, 15) is 9.59 Å². The van der Waals surface area contributed by atoms with Gasteiger partial charge < -0.3 is 10.1 Å². The summed E-state index contributed by atoms with van der Waals surface area (Å²) in [5, 5.41) is 2.71. The van der Waals surface area contributed by atoms with E-state index in [0.717, 1.165) is 11.3 Å². The molecular formula is C16H22N2O3S+2. The molecule has 1 aliphatic heterocycles. The molecule has 0 aliphatic carbocycles. The van der Waals surface area contributed by atoms with Crippen LogP contribution in [0, 0.1) is 0 Å². The molecule has 0 spiro atoms. The number of ether oxygens (including phenoxy) is 1. The van der Waals surface area contributed by atoms with Crippen molar-refractivity contribution >= 4 is 34.7 Å². The quantitative estimate of drug-likeness (QED) is 0.574. The minimum absolute atomic E-state index is 0.0420. The number of fused-ring (bicyclic) bond motifs is 1. The van der Waals surface area contributed by atoms with Gasteiger partial charge in [0.05, 0.1) is 25.2 Å². The van der Waals surface area contributed by atoms with Gasteiger partial charge >= 0.3 is 5.97 Å². The van der Waals surface area contributed by atoms with E-state index in [4.69, 9.17) is 4.74 Å². The normalized spacial score (nSPS) is 20.6. The van der Waals surface area contributed by atoms with Gasteiger partial charge in [0.2, 0.25) is 22.6 Å². The number of nitrogens with one attached hydrogen (secondary N) is 2. The van der Waals surface area contributed by atoms with Crippen molar-refractivity contribution in [2.75, 3.05) is 19.6 Å². The Morgan fingerprint density at radius 2 is 2.05 bits per heavy atom. The van der Waals surface area contributed by atoms with Crippen molar-refractivity contribution in [2.24, 2.45) is 0 Å². The maximum Gasteiger partial charge on any atom is 0.328 e. The van der Waals surface area contributed by atoms with E-state index in [-0.39, 0.29) is 21.5 Å². The Bertz CT molecular complexity index is 615. The Balaban J connectivity index is 2.39. The highest BCUT2D eigenvalue weighted by Gasteiger charge is 2.54. The first-order valence-corrected chi connectivity index (χ1v) is 9.08. The molecule has 0 aromatic heterocycles. The molecule has 1 aromatic rings. The van der Waals surface area contributed by atoms with E-state index < -0.39 is 12.0 Å². The summed E-state index contributed by atoms with van der Waals surface area (Å²) < 4.78 is 4.54. The smallest absolute Gasteiger partial charge is 0.328 e. The molecule has 1 aromatic carbocycles. The Labute approximate surface area is 133 Å². The molecule has 2 N–H and O–H groups in total. The van der Waals surface area contributed by atoms with E-state index in [1.54, 1.807) is 0 Å². The summed E-state index contributed by atoms with van der Waals surface area (Å²) in [5.74, 6) is -0.658. The van der Waals surface area contributed by atoms with Gasteiger partial charge in [0.1, 0.15) is 6.04 Å². The van der Waals surface area contributed by atoms with E-state index in [0.29, 0.717) is 6.42 Å². The summed E-state index contributed by atoms with van der Waals surface area (Å²) in [4.78, 5) is 26.8. The first-order chi connectivity index (χ1) is 10.4. The van der Waals surface area contributed by atoms with Crippen LogP contribution in [0.1, 0.15) is 18.9 Å². The minimum atomic E-state index is -0.665. The zero-order valence-electron chi connectivity index (χ0n) is 13.3. The van der Waals surface area contributed by atoms with Crippen LogP contribution in [0.5, 0.6) is 0 Å². The van der Waals surface area contributed by atoms with Crippen LogP contribution in [0.2, 0.25) is 0 Å². The number of esters is 1. The van der Waals surface area contributed by atoms with Gasteiger partial charge in [-0.25, -0.2) is 9.79 Å². The number of rotatable bonds is 5. The van der Waals surface area contributed by atoms with Crippen LogP contribution in [-0.4, -0.2) is 43.8 Å². The third-order valence-electron chi connectivity index (χ3n) is 3.94. The van der Waals surface area contributed by atoms with Crippen LogP contribution >= 0.6 is 0 Å². The molecule has 5 nitrogen and oxygen atoms in total. The predicted octanol–water partition coefficient (Wildman–Crippen LogP) is -0.376. The van der Waals surface area contributed by atoms with Crippen molar-refractivity contribution in [1.29, 1.82) is 0 Å². The fourth-order valence-electron chi connectivity index (χ4n) is 2.81. The molecule has 0 saturated heterocycles. The molecule has 22 heavy (non-hydrogen) atoms. The highest BCUT2D eigenvalue weighted by atomic mass is 32.2. The van der Waals surface area contributed by atoms with Crippen molar-refractivity contribution in [2.45, 2.75) is 24.1 Å². The lowest BCUT2D eigenvalue weighted by molar-refractivity contribution is -0.344. The first-order valence-electron chi connectivity index (χ1n) is 7.04. The fourth-order valence-corrected chi connectivity index (χ4v) is 4.22. The number of carbonyl (C=O) groups excluding carboxylic acids is 2. The predicted molar refractivity (Wildman–Crippen MR) is 88.3 cm³/mol. The average molecular weight is 322 g/mol. The van der Waals surface area contributed by atoms with Gasteiger partial charge in [0.15, 0.2) is 0 Å². The largest absolute Gasteiger partial charge is 0.467 e. The van der Waals surface area contributed by atoms with Crippen LogP contribution in [0.4, 0.5) is 5.69 Å². The van der Waals surface area contributed by atoms with Gasteiger partial charge in [0.25, 0.3) is 0 Å². The number of carbonyl (C=O) groups is 2. The lowest BCUT2D eigenvalue weighted by Gasteiger charge is -2.25. The maximum absolute atomic E-state index is 12.0. The van der Waals surface area contributed by atoms with Gasteiger partial charge in [-0.15, -0.1) is 0 Å². The van der Waals surface area contributed by atoms with Crippen LogP contribution in [0.25, 0.3) is 0 Å². The second-order valence-corrected chi connectivity index (χ2v) is 7.88. The molecule has 0 fully saturated rings. The van der Waals surface area contributed by atoms with Crippen molar-refractivity contribution < 1.29 is 19.3 Å². The first kappa shape index (κ1) is 16.5. The molecule has 118 valence electrons. The Kier molecular flexibility index (Phi) is 4.90. The summed E-state index contributed by atoms with van der Waals surface area (Å²) in [7, 11) is 1.30. The number of benzene rings is 1. The van der Waals surface area contributed by atoms with Gasteiger partial charge in [-0.1, -0.05) is 12.1 Å². The van der Waals surface area contributed by atoms with Gasteiger partial charge in [-0.3, -0.25) is 4.79 Å². The molecule has 1 aliphatic rings. The van der Waals surface area contributed by atoms with Gasteiger partial charge in [0, 0.05) is 30.3 Å². The number of para-hydroxylation sites is 1. The lowest BCUT2D eigenvalue weighted by Crippen LogP contribution is -2.61. The van der Waals surface area contributed by atoms with Crippen LogP contribution in [0.3, 0.4) is 0 Å². The summed E-state index contributed by atoms with van der Waals surface area (Å²) >= 11 is 0. The highest BCUT2D eigenvalue weighted by molar-refractivity contribution is 7.97. The van der Waals surface area contributed by atoms with Crippen LogP contribution in [-0.2, 0) is 30.0 Å². The molecular weight excluding hydrogens is 300 g/mol. The standard InChI is InChI=1S/C16H20N2O3S/c1-11(19)18-14(15(20)21-2)9-16(22(3)4)10-17-13-8-6-5-7-12(13)16/h5-8,10,14H,9H2,1-4H3/p+2/t14-,16?/m0/s1. The monoisotopic (exact) mass is 322 g/mol. The summed E-state index contributed by atoms with van der Waals surface area (Å²) in [6.07, 6.45) is 6.79. The summed E-state index contributed by atoms with van der Waals surface area (Å²) in [6.45, 7) is 1.41. The van der Waals surface area contributed by atoms with Crippen molar-refractivity contribution in [3.05, 3.63) is 29.8 Å². The summed E-state index contributed by atoms with van der Waals surface area (Å²) in [5.41, 5.74) is 2.21. The Hall–Kier alpha value is -1.82. The van der Waals surface area contributed by atoms with Gasteiger partial charge in [-0.2, -0.15) is 0 Å². The average Bonchev–Trinajstić information content (AvgIpc) is 2.86. The third-order valence-corrected chi connectivity index (χ3v) is 5.90. The lowest BCUT2D eigenvalue weighted by atomic mass is 9.92. The van der Waals surface area contributed by atoms with E-state index in [1.165, 1.54) is 14.0 Å². The number of methoxy groups -OCH3 is 1. The zero-order valence-corrected chi connectivity index (χ0v) is 14.1. The molecule has 2 rings (SSSR count). The molecule has 2 atom stereocenters. The maximum atomic E-state index is 12.0. The van der Waals surface area contributed by atoms with Gasteiger partial charge in [-0.05, 0) is 6.07 Å². The SMILES string of the molecule is COC(=O)[C@H](CC1([S+](C)C)C=[NH+]c2ccccc21)NC(C)=O. The number of hydrogen-bond acceptors (Lipinski definition) is 3. The molecule has 6 heteroatoms. The van der Waals surface area contributed by atoms with E-state index >= 15 is 0 Å². The fraction of sp³-hybridized carbons (Fsp3) is 0.438. The molecule has 0 bridgehead atoms. The van der Waals surface area contributed by atoms with Crippen molar-refractivity contribution in [3.63, 3.8) is 0 Å². The molecule has 0 saturated carbocycles. The topological polar surface area (TPSA) is 69.4 Å². The number of amides is 1. The summed E-state index contributed by atoms with van der Waals surface area (Å²) in [6, 6.07) is 7.39. The number of hydrogen-bond donors (Lipinski definition) is 2. The van der Waals surface area contributed by atoms with Crippen molar-refractivity contribution in [1.82, 2.24) is 5.32 Å².